The van der Waals surface area contributed by atoms with Crippen molar-refractivity contribution in [2.24, 2.45) is 0 Å². The van der Waals surface area contributed by atoms with Gasteiger partial charge in [-0.05, 0) is 49.9 Å². The van der Waals surface area contributed by atoms with Gasteiger partial charge in [0, 0.05) is 31.0 Å². The van der Waals surface area contributed by atoms with Crippen LogP contribution in [-0.2, 0) is 28.6 Å². The Morgan fingerprint density at radius 1 is 1.04 bits per heavy atom. The maximum Gasteiger partial charge on any atom is 0.232 e. The first-order valence-electron chi connectivity index (χ1n) is 9.20. The first-order chi connectivity index (χ1) is 12.9. The molecule has 0 N–H and O–H groups in total. The molecule has 0 saturated carbocycles. The molecule has 0 unspecified atom stereocenters. The average molecular weight is 385 g/mol. The molecule has 27 heavy (non-hydrogen) atoms. The topological polar surface area (TPSA) is 82.7 Å². The van der Waals surface area contributed by atoms with Crippen molar-refractivity contribution in [2.75, 3.05) is 0 Å². The summed E-state index contributed by atoms with van der Waals surface area (Å²) >= 11 is 0. The normalized spacial score (nSPS) is 14.7. The lowest BCUT2D eigenvalue weighted by Crippen LogP contribution is -2.16. The van der Waals surface area contributed by atoms with Crippen molar-refractivity contribution in [1.29, 1.82) is 0 Å². The van der Waals surface area contributed by atoms with Crippen LogP contribution < -0.4 is 0 Å². The number of aryl methyl sites for hydroxylation is 3. The van der Waals surface area contributed by atoms with E-state index in [2.05, 4.69) is 21.2 Å². The first-order valence-corrected chi connectivity index (χ1v) is 10.8. The second-order valence-electron chi connectivity index (χ2n) is 7.18. The minimum Gasteiger partial charge on any atom is -0.314 e. The molecule has 3 aromatic rings. The Kier molecular flexibility index (Phi) is 4.59. The molecular weight excluding hydrogens is 362 g/mol. The molecule has 0 saturated heterocycles. The van der Waals surface area contributed by atoms with Crippen LogP contribution in [-0.4, -0.2) is 32.7 Å². The van der Waals surface area contributed by atoms with E-state index in [-0.39, 0.29) is 10.9 Å². The van der Waals surface area contributed by atoms with Crippen LogP contribution in [0.4, 0.5) is 0 Å². The Morgan fingerprint density at radius 2 is 1.81 bits per heavy atom. The Hall–Kier alpha value is -2.48. The van der Waals surface area contributed by atoms with E-state index in [0.717, 1.165) is 54.9 Å². The highest BCUT2D eigenvalue weighted by atomic mass is 32.2. The largest absolute Gasteiger partial charge is 0.314 e. The molecule has 0 atom stereocenters. The van der Waals surface area contributed by atoms with Gasteiger partial charge in [0.25, 0.3) is 0 Å². The zero-order valence-electron chi connectivity index (χ0n) is 15.6. The smallest absolute Gasteiger partial charge is 0.232 e. The van der Waals surface area contributed by atoms with Gasteiger partial charge in [0.1, 0.15) is 17.4 Å². The van der Waals surface area contributed by atoms with Crippen molar-refractivity contribution in [3.63, 3.8) is 0 Å². The lowest BCUT2D eigenvalue weighted by molar-refractivity contribution is 0.574. The Balaban J connectivity index is 1.70. The number of hydrogen-bond acceptors (Lipinski definition) is 5. The molecule has 8 heteroatoms. The summed E-state index contributed by atoms with van der Waals surface area (Å²) in [5, 5.41) is 8.41. The van der Waals surface area contributed by atoms with E-state index in [4.69, 9.17) is 0 Å². The number of nitrogens with zero attached hydrogens (tertiary/aromatic N) is 5. The fourth-order valence-corrected chi connectivity index (χ4v) is 5.06. The van der Waals surface area contributed by atoms with Crippen LogP contribution in [0.1, 0.15) is 42.0 Å². The molecule has 0 fully saturated rings. The minimum absolute atomic E-state index is 0.0403. The van der Waals surface area contributed by atoms with Gasteiger partial charge >= 0.3 is 0 Å². The molecule has 3 heterocycles. The zero-order valence-corrected chi connectivity index (χ0v) is 16.4. The van der Waals surface area contributed by atoms with Gasteiger partial charge in [0.05, 0.1) is 0 Å². The van der Waals surface area contributed by atoms with Crippen molar-refractivity contribution in [3.05, 3.63) is 53.4 Å². The second kappa shape index (κ2) is 6.92. The molecule has 0 bridgehead atoms. The lowest BCUT2D eigenvalue weighted by atomic mass is 10.1. The number of rotatable bonds is 4. The third-order valence-corrected chi connectivity index (χ3v) is 6.37. The fraction of sp³-hybridized carbons (Fsp3) is 0.421. The summed E-state index contributed by atoms with van der Waals surface area (Å²) in [7, 11) is -3.66. The molecule has 0 radical (unpaired) electrons. The predicted molar refractivity (Wildman–Crippen MR) is 102 cm³/mol. The third-order valence-electron chi connectivity index (χ3n) is 4.87. The second-order valence-corrected chi connectivity index (χ2v) is 9.06. The van der Waals surface area contributed by atoms with Crippen LogP contribution >= 0.6 is 0 Å². The Morgan fingerprint density at radius 3 is 2.59 bits per heavy atom. The lowest BCUT2D eigenvalue weighted by Gasteiger charge is -2.11. The van der Waals surface area contributed by atoms with E-state index < -0.39 is 9.84 Å². The summed E-state index contributed by atoms with van der Waals surface area (Å²) in [6.45, 7) is 4.76. The van der Waals surface area contributed by atoms with E-state index in [0.29, 0.717) is 5.82 Å². The van der Waals surface area contributed by atoms with E-state index in [1.807, 2.05) is 30.5 Å². The zero-order chi connectivity index (χ0) is 19.0. The van der Waals surface area contributed by atoms with E-state index in [1.165, 1.54) is 6.20 Å². The molecule has 4 rings (SSSR count). The van der Waals surface area contributed by atoms with E-state index >= 15 is 0 Å². The van der Waals surface area contributed by atoms with Crippen LogP contribution in [0.15, 0.2) is 35.7 Å². The van der Waals surface area contributed by atoms with Crippen molar-refractivity contribution in [3.8, 4) is 5.69 Å². The highest BCUT2D eigenvalue weighted by molar-refractivity contribution is 7.90. The quantitative estimate of drug-likeness (QED) is 0.690. The summed E-state index contributed by atoms with van der Waals surface area (Å²) in [6, 6.07) is 5.97. The van der Waals surface area contributed by atoms with Crippen LogP contribution in [0.25, 0.3) is 5.69 Å². The number of fused-ring (bicyclic) bond motifs is 1. The molecule has 7 nitrogen and oxygen atoms in total. The maximum atomic E-state index is 13.1. The molecular formula is C19H23N5O2S. The minimum atomic E-state index is -3.66. The van der Waals surface area contributed by atoms with Gasteiger partial charge in [-0.25, -0.2) is 13.4 Å². The molecule has 0 spiro atoms. The average Bonchev–Trinajstić information content (AvgIpc) is 3.16. The number of hydrogen-bond donors (Lipinski definition) is 0. The Bertz CT molecular complexity index is 1060. The van der Waals surface area contributed by atoms with Gasteiger partial charge in [-0.2, -0.15) is 0 Å². The molecule has 142 valence electrons. The van der Waals surface area contributed by atoms with Gasteiger partial charge in [-0.15, -0.1) is 10.2 Å². The molecule has 1 aliphatic rings. The van der Waals surface area contributed by atoms with Crippen LogP contribution in [0.3, 0.4) is 0 Å². The van der Waals surface area contributed by atoms with Crippen molar-refractivity contribution in [2.45, 2.75) is 57.0 Å². The van der Waals surface area contributed by atoms with Gasteiger partial charge in [0.2, 0.25) is 15.0 Å². The van der Waals surface area contributed by atoms with Crippen LogP contribution in [0.5, 0.6) is 0 Å². The van der Waals surface area contributed by atoms with Crippen LogP contribution in [0.2, 0.25) is 0 Å². The fourth-order valence-electron chi connectivity index (χ4n) is 3.69. The summed E-state index contributed by atoms with van der Waals surface area (Å²) in [5.41, 5.74) is 2.94. The van der Waals surface area contributed by atoms with Crippen LogP contribution in [0, 0.1) is 13.8 Å². The van der Waals surface area contributed by atoms with E-state index in [1.54, 1.807) is 10.8 Å². The molecule has 1 aliphatic heterocycles. The van der Waals surface area contributed by atoms with Crippen molar-refractivity contribution < 1.29 is 8.42 Å². The summed E-state index contributed by atoms with van der Waals surface area (Å²) < 4.78 is 29.9. The van der Waals surface area contributed by atoms with Gasteiger partial charge in [0.15, 0.2) is 0 Å². The summed E-state index contributed by atoms with van der Waals surface area (Å²) in [6.07, 6.45) is 7.29. The number of aromatic nitrogens is 5. The van der Waals surface area contributed by atoms with Gasteiger partial charge in [-0.1, -0.05) is 12.5 Å². The summed E-state index contributed by atoms with van der Waals surface area (Å²) in [5.74, 6) is 1.19. The van der Waals surface area contributed by atoms with Gasteiger partial charge in [-0.3, -0.25) is 4.57 Å². The highest BCUT2D eigenvalue weighted by Gasteiger charge is 2.26. The molecule has 2 aromatic heterocycles. The first kappa shape index (κ1) is 17.9. The number of imidazole rings is 1. The number of benzene rings is 1. The van der Waals surface area contributed by atoms with Crippen molar-refractivity contribution in [1.82, 2.24) is 24.3 Å². The summed E-state index contributed by atoms with van der Waals surface area (Å²) in [4.78, 5) is 4.15. The third kappa shape index (κ3) is 3.53. The highest BCUT2D eigenvalue weighted by Crippen LogP contribution is 2.22. The molecule has 0 amide bonds. The van der Waals surface area contributed by atoms with Crippen molar-refractivity contribution >= 4 is 9.84 Å². The standard InChI is InChI=1S/C19H23N5O2S/c1-14-10-15(2)12-16(11-14)23-9-7-20-19(23)27(25,26)13-18-22-21-17-6-4-3-5-8-24(17)18/h7,9-12H,3-6,8,13H2,1-2H3. The van der Waals surface area contributed by atoms with Gasteiger partial charge < -0.3 is 4.57 Å². The van der Waals surface area contributed by atoms with E-state index in [9.17, 15) is 8.42 Å². The monoisotopic (exact) mass is 385 g/mol. The predicted octanol–water partition coefficient (Wildman–Crippen LogP) is 2.78. The SMILES string of the molecule is Cc1cc(C)cc(-n2ccnc2S(=O)(=O)Cc2nnc3n2CCCCC3)c1. The Labute approximate surface area is 159 Å². The number of sulfone groups is 1. The maximum absolute atomic E-state index is 13.1. The molecule has 1 aromatic carbocycles. The molecule has 0 aliphatic carbocycles.